The van der Waals surface area contributed by atoms with Gasteiger partial charge in [0, 0.05) is 13.3 Å². The van der Waals surface area contributed by atoms with Crippen LogP contribution in [-0.2, 0) is 12.3 Å². The first-order chi connectivity index (χ1) is 10.8. The van der Waals surface area contributed by atoms with Crippen LogP contribution in [-0.4, -0.2) is 22.1 Å². The second-order valence-electron chi connectivity index (χ2n) is 5.02. The van der Waals surface area contributed by atoms with E-state index in [0.29, 0.717) is 12.1 Å². The van der Waals surface area contributed by atoms with Crippen molar-refractivity contribution in [3.63, 3.8) is 0 Å². The van der Waals surface area contributed by atoms with Gasteiger partial charge in [-0.05, 0) is 35.9 Å². The molecule has 0 bridgehead atoms. The van der Waals surface area contributed by atoms with Crippen molar-refractivity contribution in [1.29, 1.82) is 0 Å². The Labute approximate surface area is 140 Å². The first-order valence-electron chi connectivity index (χ1n) is 6.70. The lowest BCUT2D eigenvalue weighted by Gasteiger charge is -2.10. The Kier molecular flexibility index (Phi) is 4.16. The Morgan fingerprint density at radius 1 is 1.22 bits per heavy atom. The largest absolute Gasteiger partial charge is 0.497 e. The molecule has 0 atom stereocenters. The molecule has 0 saturated carbocycles. The average molecular weight is 356 g/mol. The summed E-state index contributed by atoms with van der Waals surface area (Å²) in [6, 6.07) is 6.82. The third-order valence-electron chi connectivity index (χ3n) is 3.17. The van der Waals surface area contributed by atoms with E-state index in [2.05, 4.69) is 15.0 Å². The molecule has 0 aliphatic heterocycles. The number of alkyl halides is 2. The van der Waals surface area contributed by atoms with Crippen molar-refractivity contribution in [2.75, 3.05) is 7.11 Å². The molecule has 0 unspecified atom stereocenters. The molecular formula is C15H12ClF2N3OS. The topological polar surface area (TPSA) is 47.9 Å². The fourth-order valence-corrected chi connectivity index (χ4v) is 3.30. The minimum absolute atomic E-state index is 0.193. The van der Waals surface area contributed by atoms with Crippen molar-refractivity contribution >= 4 is 33.2 Å². The monoisotopic (exact) mass is 355 g/mol. The van der Waals surface area contributed by atoms with E-state index < -0.39 is 11.6 Å². The first kappa shape index (κ1) is 16.0. The highest BCUT2D eigenvalue weighted by Crippen LogP contribution is 2.29. The molecule has 2 aromatic heterocycles. The van der Waals surface area contributed by atoms with Gasteiger partial charge in [-0.2, -0.15) is 8.78 Å². The third kappa shape index (κ3) is 3.56. The third-order valence-corrected chi connectivity index (χ3v) is 4.36. The van der Waals surface area contributed by atoms with Crippen molar-refractivity contribution < 1.29 is 13.5 Å². The fraction of sp³-hybridized carbons (Fsp3) is 0.267. The average Bonchev–Trinajstić information content (AvgIpc) is 2.86. The highest BCUT2D eigenvalue weighted by atomic mass is 35.5. The van der Waals surface area contributed by atoms with Gasteiger partial charge in [0.15, 0.2) is 0 Å². The molecule has 8 heteroatoms. The lowest BCUT2D eigenvalue weighted by molar-refractivity contribution is 0.0125. The van der Waals surface area contributed by atoms with Crippen LogP contribution < -0.4 is 4.74 Å². The summed E-state index contributed by atoms with van der Waals surface area (Å²) in [4.78, 5) is 12.1. The van der Waals surface area contributed by atoms with Crippen LogP contribution in [0.15, 0.2) is 24.3 Å². The number of hydrogen-bond donors (Lipinski definition) is 0. The maximum absolute atomic E-state index is 13.4. The molecule has 0 amide bonds. The number of benzene rings is 1. The summed E-state index contributed by atoms with van der Waals surface area (Å²) in [7, 11) is 1.60. The summed E-state index contributed by atoms with van der Waals surface area (Å²) in [5, 5.41) is 0.565. The summed E-state index contributed by atoms with van der Waals surface area (Å²) < 4.78 is 33.0. The lowest BCUT2D eigenvalue weighted by atomic mass is 10.2. The van der Waals surface area contributed by atoms with E-state index in [9.17, 15) is 8.78 Å². The van der Waals surface area contributed by atoms with Gasteiger partial charge >= 0.3 is 0 Å². The van der Waals surface area contributed by atoms with Crippen molar-refractivity contribution in [3.8, 4) is 5.75 Å². The van der Waals surface area contributed by atoms with E-state index >= 15 is 0 Å². The minimum Gasteiger partial charge on any atom is -0.497 e. The molecule has 2 heterocycles. The Morgan fingerprint density at radius 3 is 2.70 bits per heavy atom. The van der Waals surface area contributed by atoms with Crippen molar-refractivity contribution in [1.82, 2.24) is 15.0 Å². The zero-order valence-corrected chi connectivity index (χ0v) is 13.9. The Balaban J connectivity index is 1.94. The number of thiazole rings is 1. The molecule has 0 spiro atoms. The number of rotatable bonds is 4. The van der Waals surface area contributed by atoms with Gasteiger partial charge in [0.05, 0.1) is 28.0 Å². The van der Waals surface area contributed by atoms with Gasteiger partial charge in [-0.15, -0.1) is 11.3 Å². The Morgan fingerprint density at radius 2 is 2.00 bits per heavy atom. The molecule has 3 aromatic rings. The second kappa shape index (κ2) is 5.98. The number of fused-ring (bicyclic) bond motifs is 1. The highest BCUT2D eigenvalue weighted by Gasteiger charge is 2.27. The molecule has 0 fully saturated rings. The summed E-state index contributed by atoms with van der Waals surface area (Å²) in [5.41, 5.74) is 0.842. The molecule has 0 aliphatic carbocycles. The van der Waals surface area contributed by atoms with Gasteiger partial charge < -0.3 is 4.74 Å². The van der Waals surface area contributed by atoms with Crippen LogP contribution in [0, 0.1) is 0 Å². The van der Waals surface area contributed by atoms with Crippen LogP contribution in [0.3, 0.4) is 0 Å². The SMILES string of the molecule is COc1ccc2nc(Cc3cc(C(C)(F)F)nc(Cl)n3)sc2c1. The quantitative estimate of drug-likeness (QED) is 0.649. The van der Waals surface area contributed by atoms with Crippen LogP contribution in [0.4, 0.5) is 8.78 Å². The number of nitrogens with zero attached hydrogens (tertiary/aromatic N) is 3. The summed E-state index contributed by atoms with van der Waals surface area (Å²) in [6.45, 7) is 0.777. The Bertz CT molecular complexity index is 864. The van der Waals surface area contributed by atoms with Gasteiger partial charge in [0.25, 0.3) is 5.92 Å². The molecular weight excluding hydrogens is 344 g/mol. The zero-order chi connectivity index (χ0) is 16.6. The first-order valence-corrected chi connectivity index (χ1v) is 7.90. The summed E-state index contributed by atoms with van der Waals surface area (Å²) >= 11 is 7.21. The van der Waals surface area contributed by atoms with E-state index in [1.54, 1.807) is 7.11 Å². The van der Waals surface area contributed by atoms with Crippen LogP contribution >= 0.6 is 22.9 Å². The number of halogens is 3. The van der Waals surface area contributed by atoms with Gasteiger partial charge in [0.2, 0.25) is 5.28 Å². The molecule has 0 saturated heterocycles. The highest BCUT2D eigenvalue weighted by molar-refractivity contribution is 7.18. The van der Waals surface area contributed by atoms with E-state index in [1.807, 2.05) is 18.2 Å². The van der Waals surface area contributed by atoms with Gasteiger partial charge in [0.1, 0.15) is 11.4 Å². The van der Waals surface area contributed by atoms with Gasteiger partial charge in [-0.3, -0.25) is 0 Å². The lowest BCUT2D eigenvalue weighted by Crippen LogP contribution is -2.11. The van der Waals surface area contributed by atoms with Crippen molar-refractivity contribution in [3.05, 3.63) is 45.9 Å². The summed E-state index contributed by atoms with van der Waals surface area (Å²) in [5.74, 6) is -2.33. The molecule has 0 aliphatic rings. The molecule has 0 radical (unpaired) electrons. The second-order valence-corrected chi connectivity index (χ2v) is 6.47. The van der Waals surface area contributed by atoms with Crippen molar-refractivity contribution in [2.24, 2.45) is 0 Å². The van der Waals surface area contributed by atoms with Crippen LogP contribution in [0.2, 0.25) is 5.28 Å². The van der Waals surface area contributed by atoms with E-state index in [1.165, 1.54) is 17.4 Å². The molecule has 0 N–H and O–H groups in total. The van der Waals surface area contributed by atoms with E-state index in [-0.39, 0.29) is 5.28 Å². The standard InChI is InChI=1S/C15H12ClF2N3OS/c1-15(17,18)12-5-8(19-14(16)21-12)6-13-20-10-4-3-9(22-2)7-11(10)23-13/h3-5,7H,6H2,1-2H3. The Hall–Kier alpha value is -1.86. The number of methoxy groups -OCH3 is 1. The van der Waals surface area contributed by atoms with Crippen molar-refractivity contribution in [2.45, 2.75) is 19.3 Å². The predicted molar refractivity (Wildman–Crippen MR) is 85.6 cm³/mol. The van der Waals surface area contributed by atoms with Crippen LogP contribution in [0.25, 0.3) is 10.2 Å². The fourth-order valence-electron chi connectivity index (χ4n) is 2.09. The van der Waals surface area contributed by atoms with Crippen LogP contribution in [0.5, 0.6) is 5.75 Å². The molecule has 23 heavy (non-hydrogen) atoms. The minimum atomic E-state index is -3.07. The number of aromatic nitrogens is 3. The zero-order valence-electron chi connectivity index (χ0n) is 12.3. The van der Waals surface area contributed by atoms with Crippen LogP contribution in [0.1, 0.15) is 23.3 Å². The maximum Gasteiger partial charge on any atom is 0.287 e. The van der Waals surface area contributed by atoms with E-state index in [0.717, 1.165) is 27.9 Å². The van der Waals surface area contributed by atoms with E-state index in [4.69, 9.17) is 16.3 Å². The normalized spacial score (nSPS) is 11.9. The number of ether oxygens (including phenoxy) is 1. The van der Waals surface area contributed by atoms with Gasteiger partial charge in [-0.1, -0.05) is 0 Å². The summed E-state index contributed by atoms with van der Waals surface area (Å²) in [6.07, 6.45) is 0.312. The maximum atomic E-state index is 13.4. The molecule has 120 valence electrons. The molecule has 4 nitrogen and oxygen atoms in total. The molecule has 3 rings (SSSR count). The molecule has 1 aromatic carbocycles. The smallest absolute Gasteiger partial charge is 0.287 e. The number of hydrogen-bond acceptors (Lipinski definition) is 5. The van der Waals surface area contributed by atoms with Gasteiger partial charge in [-0.25, -0.2) is 15.0 Å². The predicted octanol–water partition coefficient (Wildman–Crippen LogP) is 4.45.